The summed E-state index contributed by atoms with van der Waals surface area (Å²) in [4.78, 5) is 18.3. The molecule has 2 heterocycles. The van der Waals surface area contributed by atoms with E-state index in [1.54, 1.807) is 22.9 Å². The van der Waals surface area contributed by atoms with Gasteiger partial charge >= 0.3 is 0 Å². The lowest BCUT2D eigenvalue weighted by Crippen LogP contribution is -2.19. The van der Waals surface area contributed by atoms with Gasteiger partial charge in [-0.05, 0) is 12.1 Å². The molecule has 3 N–H and O–H groups in total. The van der Waals surface area contributed by atoms with Crippen LogP contribution in [0.15, 0.2) is 29.5 Å². The zero-order valence-corrected chi connectivity index (χ0v) is 9.82. The first-order chi connectivity index (χ1) is 8.15. The number of ether oxygens (including phenoxy) is 1. The monoisotopic (exact) mass is 250 g/mol. The van der Waals surface area contributed by atoms with E-state index in [0.717, 1.165) is 0 Å². The molecule has 88 valence electrons. The Labute approximate surface area is 102 Å². The first kappa shape index (κ1) is 11.3. The molecule has 0 bridgehead atoms. The summed E-state index contributed by atoms with van der Waals surface area (Å²) in [5.41, 5.74) is 5.81. The Morgan fingerprint density at radius 3 is 3.06 bits per heavy atom. The van der Waals surface area contributed by atoms with E-state index >= 15 is 0 Å². The second-order valence-corrected chi connectivity index (χ2v) is 3.66. The molecule has 7 heteroatoms. The lowest BCUT2D eigenvalue weighted by molar-refractivity contribution is 0.403. The van der Waals surface area contributed by atoms with Crippen LogP contribution in [0.1, 0.15) is 5.69 Å². The molecule has 0 radical (unpaired) electrons. The quantitative estimate of drug-likeness (QED) is 0.760. The summed E-state index contributed by atoms with van der Waals surface area (Å²) in [5, 5.41) is 0. The Morgan fingerprint density at radius 2 is 2.41 bits per heavy atom. The van der Waals surface area contributed by atoms with Crippen molar-refractivity contribution in [2.45, 2.75) is 0 Å². The Balaban J connectivity index is 2.69. The van der Waals surface area contributed by atoms with Crippen molar-refractivity contribution >= 4 is 17.2 Å². The van der Waals surface area contributed by atoms with Crippen molar-refractivity contribution in [1.29, 1.82) is 0 Å². The van der Waals surface area contributed by atoms with E-state index in [2.05, 4.69) is 9.97 Å². The van der Waals surface area contributed by atoms with Crippen LogP contribution in [-0.2, 0) is 0 Å². The van der Waals surface area contributed by atoms with E-state index in [1.807, 2.05) is 0 Å². The first-order valence-corrected chi connectivity index (χ1v) is 5.15. The number of aromatic nitrogens is 3. The van der Waals surface area contributed by atoms with Gasteiger partial charge in [0.05, 0.1) is 19.1 Å². The number of nitrogens with two attached hydrogens (primary N) is 1. The number of rotatable bonds is 3. The molecule has 0 fully saturated rings. The minimum absolute atomic E-state index is 0.112. The normalized spacial score (nSPS) is 10.2. The van der Waals surface area contributed by atoms with Crippen molar-refractivity contribution in [2.75, 3.05) is 7.11 Å². The van der Waals surface area contributed by atoms with Crippen LogP contribution in [0, 0.1) is 0 Å². The van der Waals surface area contributed by atoms with Gasteiger partial charge in [-0.1, -0.05) is 12.2 Å². The molecule has 0 aliphatic carbocycles. The highest BCUT2D eigenvalue weighted by atomic mass is 32.1. The van der Waals surface area contributed by atoms with Crippen LogP contribution in [0.4, 0.5) is 0 Å². The zero-order valence-electron chi connectivity index (χ0n) is 9.01. The molecule has 0 amide bonds. The smallest absolute Gasteiger partial charge is 0.295 e. The lowest BCUT2D eigenvalue weighted by Gasteiger charge is -2.09. The first-order valence-electron chi connectivity index (χ1n) is 4.74. The van der Waals surface area contributed by atoms with E-state index in [1.165, 1.54) is 13.4 Å². The molecule has 0 aromatic carbocycles. The molecule has 0 spiro atoms. The van der Waals surface area contributed by atoms with Gasteiger partial charge in [0.2, 0.25) is 5.75 Å². The van der Waals surface area contributed by atoms with Gasteiger partial charge in [0.25, 0.3) is 5.56 Å². The van der Waals surface area contributed by atoms with E-state index in [9.17, 15) is 4.79 Å². The summed E-state index contributed by atoms with van der Waals surface area (Å²) in [5.74, 6) is 0.463. The van der Waals surface area contributed by atoms with Crippen molar-refractivity contribution in [2.24, 2.45) is 5.73 Å². The van der Waals surface area contributed by atoms with Crippen molar-refractivity contribution in [3.63, 3.8) is 0 Å². The van der Waals surface area contributed by atoms with Crippen LogP contribution in [-0.4, -0.2) is 26.6 Å². The van der Waals surface area contributed by atoms with Crippen molar-refractivity contribution in [3.05, 3.63) is 40.7 Å². The molecule has 17 heavy (non-hydrogen) atoms. The minimum atomic E-state index is -0.361. The Hall–Kier alpha value is -2.15. The number of H-pyrrole nitrogens is 1. The fourth-order valence-corrected chi connectivity index (χ4v) is 1.67. The van der Waals surface area contributed by atoms with Gasteiger partial charge in [0, 0.05) is 6.20 Å². The third-order valence-electron chi connectivity index (χ3n) is 2.23. The molecular formula is C10H10N4O2S. The fraction of sp³-hybridized carbons (Fsp3) is 0.100. The summed E-state index contributed by atoms with van der Waals surface area (Å²) in [6.07, 6.45) is 3.00. The van der Waals surface area contributed by atoms with Gasteiger partial charge in [-0.25, -0.2) is 4.98 Å². The molecule has 2 aromatic rings. The van der Waals surface area contributed by atoms with Crippen molar-refractivity contribution < 1.29 is 4.74 Å². The highest BCUT2D eigenvalue weighted by molar-refractivity contribution is 7.80. The maximum atomic E-state index is 11.5. The number of aromatic amines is 1. The summed E-state index contributed by atoms with van der Waals surface area (Å²) < 4.78 is 6.63. The van der Waals surface area contributed by atoms with E-state index in [4.69, 9.17) is 22.7 Å². The molecule has 0 saturated heterocycles. The maximum Gasteiger partial charge on any atom is 0.295 e. The number of thiocarbonyl (C=S) groups is 1. The van der Waals surface area contributed by atoms with Gasteiger partial charge in [-0.2, -0.15) is 0 Å². The topological polar surface area (TPSA) is 85.9 Å². The summed E-state index contributed by atoms with van der Waals surface area (Å²) >= 11 is 4.92. The minimum Gasteiger partial charge on any atom is -0.488 e. The Kier molecular flexibility index (Phi) is 2.92. The summed E-state index contributed by atoms with van der Waals surface area (Å²) in [6, 6.07) is 3.50. The largest absolute Gasteiger partial charge is 0.488 e. The van der Waals surface area contributed by atoms with Gasteiger partial charge in [0.1, 0.15) is 4.99 Å². The van der Waals surface area contributed by atoms with Gasteiger partial charge in [0.15, 0.2) is 5.82 Å². The van der Waals surface area contributed by atoms with Gasteiger partial charge in [-0.3, -0.25) is 9.36 Å². The van der Waals surface area contributed by atoms with Gasteiger partial charge < -0.3 is 15.5 Å². The van der Waals surface area contributed by atoms with E-state index in [0.29, 0.717) is 11.5 Å². The predicted molar refractivity (Wildman–Crippen MR) is 66.6 cm³/mol. The molecule has 2 rings (SSSR count). The van der Waals surface area contributed by atoms with E-state index in [-0.39, 0.29) is 16.3 Å². The van der Waals surface area contributed by atoms with Crippen LogP contribution >= 0.6 is 12.2 Å². The number of hydrogen-bond acceptors (Lipinski definition) is 4. The van der Waals surface area contributed by atoms with Crippen LogP contribution in [0.2, 0.25) is 0 Å². The molecule has 2 aromatic heterocycles. The van der Waals surface area contributed by atoms with Crippen LogP contribution in [0.3, 0.4) is 0 Å². The Bertz CT molecular complexity index is 617. The van der Waals surface area contributed by atoms with E-state index < -0.39 is 0 Å². The van der Waals surface area contributed by atoms with Crippen molar-refractivity contribution in [3.8, 4) is 11.6 Å². The predicted octanol–water partition coefficient (Wildman–Crippen LogP) is 0.203. The molecular weight excluding hydrogens is 240 g/mol. The average Bonchev–Trinajstić information content (AvgIpc) is 2.77. The zero-order chi connectivity index (χ0) is 12.4. The highest BCUT2D eigenvalue weighted by Crippen LogP contribution is 2.17. The van der Waals surface area contributed by atoms with Gasteiger partial charge in [-0.15, -0.1) is 0 Å². The molecule has 0 unspecified atom stereocenters. The highest BCUT2D eigenvalue weighted by Gasteiger charge is 2.14. The van der Waals surface area contributed by atoms with Crippen LogP contribution in [0.5, 0.6) is 5.75 Å². The van der Waals surface area contributed by atoms with Crippen LogP contribution in [0.25, 0.3) is 5.82 Å². The second kappa shape index (κ2) is 4.38. The average molecular weight is 250 g/mol. The number of nitrogens with zero attached hydrogens (tertiary/aromatic N) is 2. The second-order valence-electron chi connectivity index (χ2n) is 3.22. The summed E-state index contributed by atoms with van der Waals surface area (Å²) in [7, 11) is 1.40. The molecule has 6 nitrogen and oxygen atoms in total. The number of hydrogen-bond donors (Lipinski definition) is 2. The molecule has 0 aliphatic rings. The number of nitrogens with one attached hydrogen (secondary N) is 1. The van der Waals surface area contributed by atoms with Crippen LogP contribution < -0.4 is 16.0 Å². The SMILES string of the molecule is COc1c(-n2cccc2C(N)=S)nc[nH]c1=O. The fourth-order valence-electron chi connectivity index (χ4n) is 1.50. The third kappa shape index (κ3) is 1.92. The lowest BCUT2D eigenvalue weighted by atomic mass is 10.4. The Morgan fingerprint density at radius 1 is 1.65 bits per heavy atom. The molecule has 0 saturated carbocycles. The maximum absolute atomic E-state index is 11.5. The summed E-state index contributed by atoms with van der Waals surface area (Å²) in [6.45, 7) is 0. The number of methoxy groups -OCH3 is 1. The van der Waals surface area contributed by atoms with Crippen molar-refractivity contribution in [1.82, 2.24) is 14.5 Å². The molecule has 0 atom stereocenters. The standard InChI is InChI=1S/C10H10N4O2S/c1-16-7-9(12-5-13-10(7)15)14-4-2-3-6(14)8(11)17/h2-5H,1H3,(H2,11,17)(H,12,13,15). The molecule has 0 aliphatic heterocycles. The third-order valence-corrected chi connectivity index (χ3v) is 2.43.